The van der Waals surface area contributed by atoms with Gasteiger partial charge in [-0.15, -0.1) is 28.6 Å². The van der Waals surface area contributed by atoms with Gasteiger partial charge in [-0.25, -0.2) is 9.59 Å². The highest BCUT2D eigenvalue weighted by molar-refractivity contribution is 8.18. The van der Waals surface area contributed by atoms with E-state index in [0.29, 0.717) is 29.0 Å². The molecule has 0 aromatic heterocycles. The number of carbonyl (C=O) groups is 5. The predicted octanol–water partition coefficient (Wildman–Crippen LogP) is 8.48. The van der Waals surface area contributed by atoms with E-state index < -0.39 is 39.6 Å². The van der Waals surface area contributed by atoms with Crippen LogP contribution in [0.1, 0.15) is 110 Å². The first-order valence-corrected chi connectivity index (χ1v) is 23.3. The Kier molecular flexibility index (Phi) is 14.5. The smallest absolute Gasteiger partial charge is 0.407 e. The maximum absolute atomic E-state index is 13.6. The van der Waals surface area contributed by atoms with Crippen LogP contribution >= 0.6 is 23.5 Å². The SMILES string of the molecule is CCCCCC1(C(O)(c2ccccc2)c2cccc(C(=O)NCCCC[C@H](NC(=O)OCC3c4ccccc4-c4ccccc43)C(=O)ON3C(=O)CCC3=O)c2)SCCCS1. The third kappa shape index (κ3) is 9.69. The van der Waals surface area contributed by atoms with Crippen molar-refractivity contribution in [3.63, 3.8) is 0 Å². The maximum Gasteiger partial charge on any atom is 0.407 e. The van der Waals surface area contributed by atoms with E-state index >= 15 is 0 Å². The number of nitrogens with one attached hydrogen (secondary N) is 2. The van der Waals surface area contributed by atoms with E-state index in [0.717, 1.165) is 71.4 Å². The monoisotopic (exact) mass is 863 g/mol. The van der Waals surface area contributed by atoms with Gasteiger partial charge in [0.25, 0.3) is 17.7 Å². The number of fused-ring (bicyclic) bond motifs is 3. The molecule has 2 aliphatic heterocycles. The summed E-state index contributed by atoms with van der Waals surface area (Å²) < 4.78 is 5.16. The Morgan fingerprint density at radius 1 is 0.820 bits per heavy atom. The van der Waals surface area contributed by atoms with Gasteiger partial charge >= 0.3 is 12.1 Å². The van der Waals surface area contributed by atoms with Crippen LogP contribution in [0, 0.1) is 0 Å². The molecule has 4 amide bonds. The Morgan fingerprint density at radius 2 is 1.46 bits per heavy atom. The van der Waals surface area contributed by atoms with Crippen molar-refractivity contribution < 1.29 is 38.7 Å². The standard InChI is InChI=1S/C48H53N3O8S2/c1-2-3-12-27-47(60-29-15-30-61-47)48(57,34-17-5-4-6-18-34)35-19-14-16-33(31-35)44(54)49-28-13-11-24-41(45(55)59-51-42(52)25-26-43(51)53)50-46(56)58-32-40-38-22-9-7-20-36(38)37-21-8-10-23-39(37)40/h4-10,14,16-23,31,40-41,57H,2-3,11-13,15,24-30,32H2,1H3,(H,49,54)(H,50,56)/t41-,48?/m0/s1. The molecule has 4 aromatic carbocycles. The molecule has 3 N–H and O–H groups in total. The van der Waals surface area contributed by atoms with Gasteiger partial charge < -0.3 is 25.3 Å². The average molecular weight is 864 g/mol. The van der Waals surface area contributed by atoms with Crippen molar-refractivity contribution in [1.82, 2.24) is 15.7 Å². The molecular formula is C48H53N3O8S2. The molecule has 2 fully saturated rings. The van der Waals surface area contributed by atoms with Crippen LogP contribution in [-0.4, -0.2) is 74.7 Å². The molecule has 1 unspecified atom stereocenters. The summed E-state index contributed by atoms with van der Waals surface area (Å²) in [5, 5.41) is 19.1. The highest BCUT2D eigenvalue weighted by Gasteiger charge is 2.54. The molecule has 2 atom stereocenters. The highest BCUT2D eigenvalue weighted by atomic mass is 32.2. The van der Waals surface area contributed by atoms with E-state index in [-0.39, 0.29) is 44.2 Å². The van der Waals surface area contributed by atoms with Gasteiger partial charge in [0.15, 0.2) is 0 Å². The Hall–Kier alpha value is -5.11. The summed E-state index contributed by atoms with van der Waals surface area (Å²) >= 11 is 3.64. The molecule has 0 radical (unpaired) electrons. The molecule has 61 heavy (non-hydrogen) atoms. The molecule has 0 saturated carbocycles. The summed E-state index contributed by atoms with van der Waals surface area (Å²) in [4.78, 5) is 70.0. The molecular weight excluding hydrogens is 811 g/mol. The van der Waals surface area contributed by atoms with Gasteiger partial charge in [-0.1, -0.05) is 117 Å². The van der Waals surface area contributed by atoms with Crippen molar-refractivity contribution in [1.29, 1.82) is 0 Å². The topological polar surface area (TPSA) is 151 Å². The zero-order valence-corrected chi connectivity index (χ0v) is 36.1. The number of unbranched alkanes of at least 4 members (excludes halogenated alkanes) is 3. The molecule has 0 spiro atoms. The highest BCUT2D eigenvalue weighted by Crippen LogP contribution is 2.59. The lowest BCUT2D eigenvalue weighted by Crippen LogP contribution is -2.49. The summed E-state index contributed by atoms with van der Waals surface area (Å²) in [5.74, 6) is -0.835. The van der Waals surface area contributed by atoms with Crippen molar-refractivity contribution in [3.8, 4) is 11.1 Å². The number of hydrogen-bond donors (Lipinski definition) is 3. The van der Waals surface area contributed by atoms with Crippen molar-refractivity contribution in [2.45, 2.75) is 92.8 Å². The summed E-state index contributed by atoms with van der Waals surface area (Å²) in [6.07, 6.45) is 4.95. The number of hydrogen-bond acceptors (Lipinski definition) is 10. The van der Waals surface area contributed by atoms with E-state index in [4.69, 9.17) is 9.57 Å². The number of nitrogens with zero attached hydrogens (tertiary/aromatic N) is 1. The summed E-state index contributed by atoms with van der Waals surface area (Å²) in [6, 6.07) is 31.7. The Morgan fingerprint density at radius 3 is 2.13 bits per heavy atom. The van der Waals surface area contributed by atoms with Gasteiger partial charge in [0, 0.05) is 30.9 Å². The molecule has 2 saturated heterocycles. The van der Waals surface area contributed by atoms with Crippen LogP contribution < -0.4 is 10.6 Å². The Bertz CT molecular complexity index is 2150. The number of aliphatic hydroxyl groups is 1. The molecule has 320 valence electrons. The second-order valence-electron chi connectivity index (χ2n) is 15.7. The van der Waals surface area contributed by atoms with Gasteiger partial charge in [-0.2, -0.15) is 0 Å². The van der Waals surface area contributed by atoms with Crippen LogP contribution in [0.15, 0.2) is 103 Å². The second kappa shape index (κ2) is 20.2. The molecule has 13 heteroatoms. The Labute approximate surface area is 365 Å². The van der Waals surface area contributed by atoms with Crippen molar-refractivity contribution in [2.75, 3.05) is 24.7 Å². The largest absolute Gasteiger partial charge is 0.449 e. The molecule has 0 bridgehead atoms. The van der Waals surface area contributed by atoms with Crippen LogP contribution in [0.5, 0.6) is 0 Å². The quantitative estimate of drug-likeness (QED) is 0.0657. The van der Waals surface area contributed by atoms with Gasteiger partial charge in [0.05, 0.1) is 4.08 Å². The van der Waals surface area contributed by atoms with Crippen molar-refractivity contribution >= 4 is 53.3 Å². The lowest BCUT2D eigenvalue weighted by atomic mass is 9.80. The predicted molar refractivity (Wildman–Crippen MR) is 238 cm³/mol. The van der Waals surface area contributed by atoms with E-state index in [1.54, 1.807) is 12.1 Å². The molecule has 2 heterocycles. The van der Waals surface area contributed by atoms with Crippen LogP contribution in [0.2, 0.25) is 0 Å². The average Bonchev–Trinajstić information content (AvgIpc) is 3.79. The van der Waals surface area contributed by atoms with Gasteiger partial charge in [-0.05, 0) is 89.1 Å². The number of thioether (sulfide) groups is 2. The third-order valence-corrected chi connectivity index (χ3v) is 15.3. The molecule has 1 aliphatic carbocycles. The molecule has 3 aliphatic rings. The second-order valence-corrected chi connectivity index (χ2v) is 18.7. The minimum absolute atomic E-state index is 0.0260. The molecule has 7 rings (SSSR count). The number of carbonyl (C=O) groups excluding carboxylic acids is 5. The van der Waals surface area contributed by atoms with E-state index in [1.165, 1.54) is 0 Å². The fraction of sp³-hybridized carbons (Fsp3) is 0.396. The van der Waals surface area contributed by atoms with Crippen molar-refractivity contribution in [2.24, 2.45) is 0 Å². The first kappa shape index (κ1) is 44.0. The number of benzene rings is 4. The van der Waals surface area contributed by atoms with Crippen LogP contribution in [0.4, 0.5) is 4.79 Å². The number of hydroxylamine groups is 2. The van der Waals surface area contributed by atoms with Crippen LogP contribution in [-0.2, 0) is 29.6 Å². The zero-order valence-electron chi connectivity index (χ0n) is 34.4. The third-order valence-electron chi connectivity index (χ3n) is 11.7. The number of rotatable bonds is 18. The fourth-order valence-corrected chi connectivity index (χ4v) is 12.2. The van der Waals surface area contributed by atoms with E-state index in [2.05, 4.69) is 17.6 Å². The molecule has 11 nitrogen and oxygen atoms in total. The summed E-state index contributed by atoms with van der Waals surface area (Å²) in [6.45, 7) is 2.46. The lowest BCUT2D eigenvalue weighted by molar-refractivity contribution is -0.199. The Balaban J connectivity index is 0.991. The van der Waals surface area contributed by atoms with E-state index in [9.17, 15) is 29.1 Å². The van der Waals surface area contributed by atoms with Crippen molar-refractivity contribution in [3.05, 3.63) is 131 Å². The normalized spacial score (nSPS) is 17.2. The van der Waals surface area contributed by atoms with Crippen LogP contribution in [0.3, 0.4) is 0 Å². The number of imide groups is 1. The number of amides is 4. The first-order chi connectivity index (χ1) is 29.6. The number of alkyl carbamates (subject to hydrolysis) is 1. The summed E-state index contributed by atoms with van der Waals surface area (Å²) in [7, 11) is 0. The van der Waals surface area contributed by atoms with E-state index in [1.807, 2.05) is 115 Å². The van der Waals surface area contributed by atoms with Gasteiger partial charge in [0.2, 0.25) is 0 Å². The fourth-order valence-electron chi connectivity index (χ4n) is 8.51. The summed E-state index contributed by atoms with van der Waals surface area (Å²) in [5.41, 5.74) is 4.74. The van der Waals surface area contributed by atoms with Crippen LogP contribution in [0.25, 0.3) is 11.1 Å². The first-order valence-electron chi connectivity index (χ1n) is 21.3. The molecule has 4 aromatic rings. The minimum Gasteiger partial charge on any atom is -0.449 e. The lowest BCUT2D eigenvalue weighted by Gasteiger charge is -2.49. The van der Waals surface area contributed by atoms with Gasteiger partial charge in [-0.3, -0.25) is 14.4 Å². The van der Waals surface area contributed by atoms with Gasteiger partial charge in [0.1, 0.15) is 18.2 Å². The minimum atomic E-state index is -1.36. The maximum atomic E-state index is 13.6. The zero-order chi connectivity index (χ0) is 42.8. The number of ether oxygens (including phenoxy) is 1.